The monoisotopic (exact) mass is 198 g/mol. The zero-order chi connectivity index (χ0) is 9.80. The van der Waals surface area contributed by atoms with Gasteiger partial charge in [0.05, 0.1) is 0 Å². The molecule has 0 radical (unpaired) electrons. The molecule has 2 N–H and O–H groups in total. The molecule has 2 aliphatic heterocycles. The van der Waals surface area contributed by atoms with Gasteiger partial charge >= 0.3 is 0 Å². The lowest BCUT2D eigenvalue weighted by Crippen LogP contribution is -2.46. The van der Waals surface area contributed by atoms with Crippen LogP contribution in [0, 0.1) is 0 Å². The van der Waals surface area contributed by atoms with E-state index in [2.05, 4.69) is 10.6 Å². The Labute approximate surface area is 84.4 Å². The summed E-state index contributed by atoms with van der Waals surface area (Å²) in [5, 5.41) is 6.33. The van der Waals surface area contributed by atoms with Crippen LogP contribution in [-0.2, 0) is 9.53 Å². The van der Waals surface area contributed by atoms with Crippen LogP contribution < -0.4 is 10.6 Å². The highest BCUT2D eigenvalue weighted by Crippen LogP contribution is 2.13. The average Bonchev–Trinajstić information content (AvgIpc) is 2.72. The van der Waals surface area contributed by atoms with Crippen LogP contribution in [-0.4, -0.2) is 37.7 Å². The van der Waals surface area contributed by atoms with Gasteiger partial charge in [0, 0.05) is 12.6 Å². The molecule has 4 heteroatoms. The summed E-state index contributed by atoms with van der Waals surface area (Å²) in [6.07, 6.45) is 3.81. The third-order valence-electron chi connectivity index (χ3n) is 2.91. The van der Waals surface area contributed by atoms with Gasteiger partial charge in [0.15, 0.2) is 0 Å². The largest absolute Gasteiger partial charge is 0.368 e. The minimum atomic E-state index is -0.176. The number of amides is 1. The topological polar surface area (TPSA) is 50.4 Å². The Hall–Kier alpha value is -0.610. The molecular weight excluding hydrogens is 180 g/mol. The fourth-order valence-corrected chi connectivity index (χ4v) is 2.04. The van der Waals surface area contributed by atoms with E-state index in [1.165, 1.54) is 0 Å². The fraction of sp³-hybridized carbons (Fsp3) is 0.900. The summed E-state index contributed by atoms with van der Waals surface area (Å²) in [5.41, 5.74) is 0. The van der Waals surface area contributed by atoms with Crippen molar-refractivity contribution in [3.63, 3.8) is 0 Å². The Morgan fingerprint density at radius 1 is 1.29 bits per heavy atom. The van der Waals surface area contributed by atoms with E-state index >= 15 is 0 Å². The first-order valence-corrected chi connectivity index (χ1v) is 5.49. The smallest absolute Gasteiger partial charge is 0.249 e. The second-order valence-electron chi connectivity index (χ2n) is 4.03. The number of carbonyl (C=O) groups is 1. The van der Waals surface area contributed by atoms with Crippen molar-refractivity contribution in [3.05, 3.63) is 0 Å². The van der Waals surface area contributed by atoms with Gasteiger partial charge in [-0.15, -0.1) is 0 Å². The molecule has 2 fully saturated rings. The first kappa shape index (κ1) is 9.93. The zero-order valence-electron chi connectivity index (χ0n) is 8.42. The number of ether oxygens (including phenoxy) is 1. The molecule has 2 heterocycles. The maximum absolute atomic E-state index is 11.7. The van der Waals surface area contributed by atoms with Crippen molar-refractivity contribution < 1.29 is 9.53 Å². The van der Waals surface area contributed by atoms with E-state index in [9.17, 15) is 4.79 Å². The minimum absolute atomic E-state index is 0.0920. The minimum Gasteiger partial charge on any atom is -0.368 e. The Morgan fingerprint density at radius 2 is 2.07 bits per heavy atom. The molecule has 0 aromatic rings. The molecule has 1 atom stereocenters. The van der Waals surface area contributed by atoms with Crippen LogP contribution in [0.4, 0.5) is 0 Å². The average molecular weight is 198 g/mol. The third kappa shape index (κ3) is 2.45. The van der Waals surface area contributed by atoms with E-state index in [1.807, 2.05) is 0 Å². The van der Waals surface area contributed by atoms with Crippen LogP contribution in [0.5, 0.6) is 0 Å². The van der Waals surface area contributed by atoms with Crippen molar-refractivity contribution >= 4 is 5.91 Å². The van der Waals surface area contributed by atoms with E-state index in [4.69, 9.17) is 4.74 Å². The zero-order valence-corrected chi connectivity index (χ0v) is 8.42. The lowest BCUT2D eigenvalue weighted by Gasteiger charge is -2.24. The number of nitrogens with one attached hydrogen (secondary N) is 2. The van der Waals surface area contributed by atoms with Crippen LogP contribution in [0.15, 0.2) is 0 Å². The molecule has 2 saturated heterocycles. The van der Waals surface area contributed by atoms with Crippen molar-refractivity contribution in [1.29, 1.82) is 0 Å². The first-order chi connectivity index (χ1) is 6.86. The summed E-state index contributed by atoms with van der Waals surface area (Å²) in [7, 11) is 0. The Bertz CT molecular complexity index is 196. The van der Waals surface area contributed by atoms with Crippen molar-refractivity contribution in [2.24, 2.45) is 0 Å². The summed E-state index contributed by atoms with van der Waals surface area (Å²) >= 11 is 0. The van der Waals surface area contributed by atoms with E-state index < -0.39 is 0 Å². The molecule has 0 unspecified atom stereocenters. The molecule has 2 aliphatic rings. The summed E-state index contributed by atoms with van der Waals surface area (Å²) in [6, 6.07) is 0.355. The van der Waals surface area contributed by atoms with E-state index in [0.29, 0.717) is 6.04 Å². The van der Waals surface area contributed by atoms with Gasteiger partial charge in [-0.25, -0.2) is 0 Å². The van der Waals surface area contributed by atoms with Crippen LogP contribution >= 0.6 is 0 Å². The van der Waals surface area contributed by atoms with Crippen molar-refractivity contribution in [3.8, 4) is 0 Å². The normalized spacial score (nSPS) is 29.0. The van der Waals surface area contributed by atoms with Crippen LogP contribution in [0.25, 0.3) is 0 Å². The van der Waals surface area contributed by atoms with Crippen molar-refractivity contribution in [1.82, 2.24) is 10.6 Å². The van der Waals surface area contributed by atoms with E-state index in [0.717, 1.165) is 45.4 Å². The number of hydrogen-bond donors (Lipinski definition) is 2. The van der Waals surface area contributed by atoms with Crippen molar-refractivity contribution in [2.75, 3.05) is 19.7 Å². The van der Waals surface area contributed by atoms with Crippen LogP contribution in [0.1, 0.15) is 25.7 Å². The third-order valence-corrected chi connectivity index (χ3v) is 2.91. The summed E-state index contributed by atoms with van der Waals surface area (Å²) in [5.74, 6) is 0.0920. The number of rotatable bonds is 2. The Balaban J connectivity index is 1.75. The molecule has 0 saturated carbocycles. The highest BCUT2D eigenvalue weighted by atomic mass is 16.5. The maximum atomic E-state index is 11.7. The lowest BCUT2D eigenvalue weighted by atomic mass is 10.1. The van der Waals surface area contributed by atoms with Gasteiger partial charge in [0.2, 0.25) is 5.91 Å². The SMILES string of the molecule is O=C(NC1CCNCC1)[C@H]1CCCO1. The Kier molecular flexibility index (Phi) is 3.37. The number of hydrogen-bond acceptors (Lipinski definition) is 3. The fourth-order valence-electron chi connectivity index (χ4n) is 2.04. The summed E-state index contributed by atoms with van der Waals surface area (Å²) in [4.78, 5) is 11.7. The number of piperidine rings is 1. The van der Waals surface area contributed by atoms with Crippen LogP contribution in [0.2, 0.25) is 0 Å². The van der Waals surface area contributed by atoms with Crippen LogP contribution in [0.3, 0.4) is 0 Å². The molecule has 14 heavy (non-hydrogen) atoms. The van der Waals surface area contributed by atoms with Gasteiger partial charge in [-0.05, 0) is 38.8 Å². The van der Waals surface area contributed by atoms with Gasteiger partial charge < -0.3 is 15.4 Å². The predicted octanol–water partition coefficient (Wildman–Crippen LogP) is 0.0336. The van der Waals surface area contributed by atoms with E-state index in [-0.39, 0.29) is 12.0 Å². The molecule has 4 nitrogen and oxygen atoms in total. The maximum Gasteiger partial charge on any atom is 0.249 e. The second kappa shape index (κ2) is 4.75. The Morgan fingerprint density at radius 3 is 2.71 bits per heavy atom. The van der Waals surface area contributed by atoms with E-state index in [1.54, 1.807) is 0 Å². The van der Waals surface area contributed by atoms with Gasteiger partial charge in [0.25, 0.3) is 0 Å². The second-order valence-corrected chi connectivity index (χ2v) is 4.03. The van der Waals surface area contributed by atoms with Gasteiger partial charge in [-0.1, -0.05) is 0 Å². The van der Waals surface area contributed by atoms with Crippen molar-refractivity contribution in [2.45, 2.75) is 37.8 Å². The molecule has 80 valence electrons. The highest BCUT2D eigenvalue weighted by Gasteiger charge is 2.25. The lowest BCUT2D eigenvalue weighted by molar-refractivity contribution is -0.130. The quantitative estimate of drug-likeness (QED) is 0.658. The molecule has 0 aliphatic carbocycles. The standard InChI is InChI=1S/C10H18N2O2/c13-10(9-2-1-7-14-9)12-8-3-5-11-6-4-8/h8-9,11H,1-7H2,(H,12,13)/t9-/m1/s1. The van der Waals surface area contributed by atoms with Gasteiger partial charge in [-0.2, -0.15) is 0 Å². The number of carbonyl (C=O) groups excluding carboxylic acids is 1. The molecular formula is C10H18N2O2. The molecule has 2 rings (SSSR count). The summed E-state index contributed by atoms with van der Waals surface area (Å²) < 4.78 is 5.33. The van der Waals surface area contributed by atoms with Gasteiger partial charge in [0.1, 0.15) is 6.10 Å². The highest BCUT2D eigenvalue weighted by molar-refractivity contribution is 5.81. The molecule has 0 spiro atoms. The molecule has 1 amide bonds. The molecule has 0 bridgehead atoms. The molecule has 0 aromatic carbocycles. The predicted molar refractivity (Wildman–Crippen MR) is 53.0 cm³/mol. The summed E-state index contributed by atoms with van der Waals surface area (Å²) in [6.45, 7) is 2.76. The first-order valence-electron chi connectivity index (χ1n) is 5.49. The molecule has 0 aromatic heterocycles. The van der Waals surface area contributed by atoms with Gasteiger partial charge in [-0.3, -0.25) is 4.79 Å².